The molecule has 1 unspecified atom stereocenters. The van der Waals surface area contributed by atoms with Crippen LogP contribution in [0.25, 0.3) is 11.7 Å². The molecule has 1 aromatic carbocycles. The predicted octanol–water partition coefficient (Wildman–Crippen LogP) is 2.96. The Kier molecular flexibility index (Phi) is 4.82. The number of aromatic nitrogens is 4. The normalized spacial score (nSPS) is 18.5. The maximum Gasteiger partial charge on any atom is 0.254 e. The highest BCUT2D eigenvalue weighted by Crippen LogP contribution is 2.27. The number of hydrogen-bond acceptors (Lipinski definition) is 7. The van der Waals surface area contributed by atoms with E-state index >= 15 is 0 Å². The molecule has 2 amide bonds. The fraction of sp³-hybridized carbons (Fsp3) is 0.286. The fourth-order valence-electron chi connectivity index (χ4n) is 3.40. The Morgan fingerprint density at radius 2 is 2.00 bits per heavy atom. The minimum Gasteiger partial charge on any atom is -0.351 e. The van der Waals surface area contributed by atoms with E-state index in [-0.39, 0.29) is 24.3 Å². The standard InChI is InChI=1S/C21H20ClN7O2/c1-11(12-2-4-15(22)5-3-12)24-20-27-18-14(8-13-9-17(30)26-19(13)31)10-23-29(18)21(28-20)25-16-6-7-16/h2-5,8,10-11,16H,6-7,9H2,1H3,(H,26,30,31)(H2,24,25,27,28)/b13-8+. The number of nitrogens with zero attached hydrogens (tertiary/aromatic N) is 4. The third-order valence-electron chi connectivity index (χ3n) is 5.25. The van der Waals surface area contributed by atoms with E-state index in [2.05, 4.69) is 31.0 Å². The number of imide groups is 1. The van der Waals surface area contributed by atoms with Gasteiger partial charge in [-0.25, -0.2) is 0 Å². The van der Waals surface area contributed by atoms with Crippen LogP contribution in [0.15, 0.2) is 36.0 Å². The van der Waals surface area contributed by atoms with Gasteiger partial charge < -0.3 is 10.6 Å². The van der Waals surface area contributed by atoms with Gasteiger partial charge in [-0.15, -0.1) is 0 Å². The van der Waals surface area contributed by atoms with E-state index < -0.39 is 0 Å². The summed E-state index contributed by atoms with van der Waals surface area (Å²) in [6.45, 7) is 2.01. The van der Waals surface area contributed by atoms with Crippen molar-refractivity contribution in [3.63, 3.8) is 0 Å². The maximum atomic E-state index is 12.0. The van der Waals surface area contributed by atoms with Crippen LogP contribution in [0.3, 0.4) is 0 Å². The van der Waals surface area contributed by atoms with Crippen LogP contribution in [0, 0.1) is 0 Å². The van der Waals surface area contributed by atoms with Gasteiger partial charge in [0.1, 0.15) is 0 Å². The molecule has 9 nitrogen and oxygen atoms in total. The van der Waals surface area contributed by atoms with Gasteiger partial charge in [0.05, 0.1) is 18.7 Å². The van der Waals surface area contributed by atoms with E-state index in [1.807, 2.05) is 31.2 Å². The SMILES string of the molecule is CC(Nc1nc(NC2CC2)n2ncc(/C=C3\CC(=O)NC3=O)c2n1)c1ccc(Cl)cc1. The van der Waals surface area contributed by atoms with Crippen LogP contribution >= 0.6 is 11.6 Å². The Labute approximate surface area is 182 Å². The lowest BCUT2D eigenvalue weighted by Crippen LogP contribution is -2.19. The average Bonchev–Trinajstić information content (AvgIpc) is 3.37. The number of nitrogens with one attached hydrogen (secondary N) is 3. The molecule has 0 radical (unpaired) electrons. The number of amides is 2. The van der Waals surface area contributed by atoms with Crippen LogP contribution in [-0.2, 0) is 9.59 Å². The zero-order valence-electron chi connectivity index (χ0n) is 16.7. The van der Waals surface area contributed by atoms with E-state index in [1.54, 1.807) is 16.8 Å². The summed E-state index contributed by atoms with van der Waals surface area (Å²) in [5.74, 6) is 0.321. The number of carbonyl (C=O) groups is 2. The number of hydrogen-bond donors (Lipinski definition) is 3. The second kappa shape index (κ2) is 7.66. The third kappa shape index (κ3) is 4.09. The zero-order valence-corrected chi connectivity index (χ0v) is 17.5. The van der Waals surface area contributed by atoms with Crippen LogP contribution in [-0.4, -0.2) is 37.4 Å². The molecule has 2 aromatic heterocycles. The molecule has 3 N–H and O–H groups in total. The van der Waals surface area contributed by atoms with Crippen molar-refractivity contribution in [3.05, 3.63) is 52.2 Å². The molecule has 10 heteroatoms. The van der Waals surface area contributed by atoms with Crippen molar-refractivity contribution in [1.82, 2.24) is 24.9 Å². The minimum absolute atomic E-state index is 0.0488. The van der Waals surface area contributed by atoms with E-state index in [9.17, 15) is 9.59 Å². The Bertz CT molecular complexity index is 1210. The van der Waals surface area contributed by atoms with Crippen molar-refractivity contribution in [1.29, 1.82) is 0 Å². The van der Waals surface area contributed by atoms with E-state index in [0.717, 1.165) is 18.4 Å². The molecular weight excluding hydrogens is 418 g/mol. The first-order valence-electron chi connectivity index (χ1n) is 10.1. The average molecular weight is 438 g/mol. The molecule has 31 heavy (non-hydrogen) atoms. The monoisotopic (exact) mass is 437 g/mol. The number of anilines is 2. The van der Waals surface area contributed by atoms with Crippen molar-refractivity contribution in [2.24, 2.45) is 0 Å². The largest absolute Gasteiger partial charge is 0.351 e. The lowest BCUT2D eigenvalue weighted by molar-refractivity contribution is -0.124. The molecule has 1 aliphatic heterocycles. The molecule has 1 aliphatic carbocycles. The zero-order chi connectivity index (χ0) is 21.5. The van der Waals surface area contributed by atoms with Crippen molar-refractivity contribution in [2.75, 3.05) is 10.6 Å². The highest BCUT2D eigenvalue weighted by molar-refractivity contribution is 6.30. The molecule has 5 rings (SSSR count). The molecule has 3 aromatic rings. The molecule has 1 saturated heterocycles. The molecule has 0 spiro atoms. The fourth-order valence-corrected chi connectivity index (χ4v) is 3.53. The van der Waals surface area contributed by atoms with E-state index in [4.69, 9.17) is 11.6 Å². The topological polar surface area (TPSA) is 113 Å². The summed E-state index contributed by atoms with van der Waals surface area (Å²) in [5.41, 5.74) is 2.62. The summed E-state index contributed by atoms with van der Waals surface area (Å²) in [4.78, 5) is 32.8. The van der Waals surface area contributed by atoms with Crippen LogP contribution in [0.4, 0.5) is 11.9 Å². The molecule has 3 heterocycles. The van der Waals surface area contributed by atoms with E-state index in [0.29, 0.717) is 39.7 Å². The lowest BCUT2D eigenvalue weighted by atomic mass is 10.1. The maximum absolute atomic E-state index is 12.0. The number of carbonyl (C=O) groups excluding carboxylic acids is 2. The second-order valence-electron chi connectivity index (χ2n) is 7.77. The Morgan fingerprint density at radius 3 is 2.68 bits per heavy atom. The van der Waals surface area contributed by atoms with Gasteiger partial charge in [-0.2, -0.15) is 19.6 Å². The first-order valence-corrected chi connectivity index (χ1v) is 10.4. The first-order chi connectivity index (χ1) is 15.0. The van der Waals surface area contributed by atoms with Crippen LogP contribution in [0.2, 0.25) is 5.02 Å². The summed E-state index contributed by atoms with van der Waals surface area (Å²) < 4.78 is 1.62. The number of fused-ring (bicyclic) bond motifs is 1. The lowest BCUT2D eigenvalue weighted by Gasteiger charge is -2.16. The van der Waals surface area contributed by atoms with Crippen molar-refractivity contribution >= 4 is 47.0 Å². The number of halogens is 1. The molecule has 158 valence electrons. The number of benzene rings is 1. The van der Waals surface area contributed by atoms with Crippen molar-refractivity contribution in [3.8, 4) is 0 Å². The number of rotatable bonds is 6. The van der Waals surface area contributed by atoms with Gasteiger partial charge >= 0.3 is 0 Å². The minimum atomic E-state index is -0.385. The van der Waals surface area contributed by atoms with Crippen molar-refractivity contribution < 1.29 is 9.59 Å². The van der Waals surface area contributed by atoms with E-state index in [1.165, 1.54) is 0 Å². The van der Waals surface area contributed by atoms with Gasteiger partial charge in [0.15, 0.2) is 5.65 Å². The Balaban J connectivity index is 1.52. The summed E-state index contributed by atoms with van der Waals surface area (Å²) in [6, 6.07) is 7.89. The van der Waals surface area contributed by atoms with Crippen molar-refractivity contribution in [2.45, 2.75) is 38.3 Å². The highest BCUT2D eigenvalue weighted by atomic mass is 35.5. The van der Waals surface area contributed by atoms with Gasteiger partial charge in [0.25, 0.3) is 5.91 Å². The van der Waals surface area contributed by atoms with Crippen LogP contribution in [0.1, 0.15) is 43.4 Å². The quantitative estimate of drug-likeness (QED) is 0.401. The summed E-state index contributed by atoms with van der Waals surface area (Å²) in [7, 11) is 0. The van der Waals surface area contributed by atoms with Gasteiger partial charge in [-0.1, -0.05) is 23.7 Å². The predicted molar refractivity (Wildman–Crippen MR) is 117 cm³/mol. The Hall–Kier alpha value is -3.46. The van der Waals surface area contributed by atoms with Crippen LogP contribution < -0.4 is 16.0 Å². The third-order valence-corrected chi connectivity index (χ3v) is 5.50. The Morgan fingerprint density at radius 1 is 1.23 bits per heavy atom. The highest BCUT2D eigenvalue weighted by Gasteiger charge is 2.26. The first kappa shape index (κ1) is 19.5. The summed E-state index contributed by atoms with van der Waals surface area (Å²) >= 11 is 5.99. The summed E-state index contributed by atoms with van der Waals surface area (Å²) in [6.07, 6.45) is 5.49. The molecule has 2 fully saturated rings. The molecule has 0 bridgehead atoms. The molecular formula is C21H20ClN7O2. The van der Waals surface area contributed by atoms with Crippen LogP contribution in [0.5, 0.6) is 0 Å². The second-order valence-corrected chi connectivity index (χ2v) is 8.20. The summed E-state index contributed by atoms with van der Waals surface area (Å²) in [5, 5.41) is 14.1. The van der Waals surface area contributed by atoms with Gasteiger partial charge in [0, 0.05) is 22.2 Å². The van der Waals surface area contributed by atoms with Gasteiger partial charge in [-0.3, -0.25) is 14.9 Å². The molecule has 1 atom stereocenters. The smallest absolute Gasteiger partial charge is 0.254 e. The molecule has 2 aliphatic rings. The van der Waals surface area contributed by atoms with Gasteiger partial charge in [0.2, 0.25) is 17.8 Å². The van der Waals surface area contributed by atoms with Gasteiger partial charge in [-0.05, 0) is 43.5 Å². The molecule has 1 saturated carbocycles.